The van der Waals surface area contributed by atoms with E-state index < -0.39 is 11.7 Å². The fourth-order valence-corrected chi connectivity index (χ4v) is 2.06. The Morgan fingerprint density at radius 2 is 1.89 bits per heavy atom. The molecule has 1 atom stereocenters. The van der Waals surface area contributed by atoms with Crippen molar-refractivity contribution in [3.63, 3.8) is 0 Å². The second-order valence-corrected chi connectivity index (χ2v) is 4.40. The van der Waals surface area contributed by atoms with E-state index in [9.17, 15) is 9.65 Å². The lowest BCUT2D eigenvalue weighted by Gasteiger charge is -2.12. The molecule has 0 aromatic heterocycles. The van der Waals surface area contributed by atoms with Gasteiger partial charge in [0.2, 0.25) is 0 Å². The summed E-state index contributed by atoms with van der Waals surface area (Å²) in [6.45, 7) is 0. The Kier molecular flexibility index (Phi) is 3.80. The lowest BCUT2D eigenvalue weighted by Crippen LogP contribution is -2.01. The van der Waals surface area contributed by atoms with E-state index >= 15 is 0 Å². The molecular formula is C15H8ClFN2. The number of nitriles is 2. The molecule has 0 aliphatic carbocycles. The minimum Gasteiger partial charge on any atom is -0.207 e. The van der Waals surface area contributed by atoms with Gasteiger partial charge in [0.05, 0.1) is 23.6 Å². The number of benzene rings is 2. The van der Waals surface area contributed by atoms with Gasteiger partial charge < -0.3 is 0 Å². The van der Waals surface area contributed by atoms with Crippen LogP contribution in [-0.2, 0) is 0 Å². The first-order valence-electron chi connectivity index (χ1n) is 5.50. The Morgan fingerprint density at radius 3 is 2.53 bits per heavy atom. The van der Waals surface area contributed by atoms with Gasteiger partial charge in [-0.05, 0) is 35.4 Å². The van der Waals surface area contributed by atoms with Gasteiger partial charge in [-0.15, -0.1) is 0 Å². The molecule has 2 rings (SSSR count). The Bertz CT molecular complexity index is 698. The van der Waals surface area contributed by atoms with E-state index in [1.165, 1.54) is 24.3 Å². The molecule has 0 radical (unpaired) electrons. The molecule has 0 amide bonds. The van der Waals surface area contributed by atoms with Crippen LogP contribution in [0.2, 0.25) is 5.02 Å². The summed E-state index contributed by atoms with van der Waals surface area (Å²) in [5, 5.41) is 18.8. The third kappa shape index (κ3) is 2.73. The molecule has 92 valence electrons. The predicted molar refractivity (Wildman–Crippen MR) is 70.0 cm³/mol. The summed E-state index contributed by atoms with van der Waals surface area (Å²) in [5.74, 6) is -1.10. The minimum atomic E-state index is -0.692. The van der Waals surface area contributed by atoms with Gasteiger partial charge in [-0.25, -0.2) is 4.39 Å². The van der Waals surface area contributed by atoms with Crippen molar-refractivity contribution in [2.24, 2.45) is 0 Å². The van der Waals surface area contributed by atoms with Crippen LogP contribution >= 0.6 is 11.6 Å². The molecule has 0 fully saturated rings. The highest BCUT2D eigenvalue weighted by atomic mass is 35.5. The molecule has 0 bridgehead atoms. The summed E-state index contributed by atoms with van der Waals surface area (Å²) < 4.78 is 13.2. The Balaban J connectivity index is 2.56. The summed E-state index contributed by atoms with van der Waals surface area (Å²) in [6, 6.07) is 14.6. The van der Waals surface area contributed by atoms with E-state index in [2.05, 4.69) is 6.07 Å². The average Bonchev–Trinajstić information content (AvgIpc) is 2.41. The van der Waals surface area contributed by atoms with Gasteiger partial charge in [0.25, 0.3) is 0 Å². The van der Waals surface area contributed by atoms with Crippen molar-refractivity contribution in [2.75, 3.05) is 0 Å². The maximum atomic E-state index is 13.2. The fourth-order valence-electron chi connectivity index (χ4n) is 1.89. The van der Waals surface area contributed by atoms with E-state index in [4.69, 9.17) is 16.9 Å². The zero-order valence-corrected chi connectivity index (χ0v) is 10.5. The topological polar surface area (TPSA) is 47.6 Å². The van der Waals surface area contributed by atoms with Gasteiger partial charge in [0.15, 0.2) is 0 Å². The van der Waals surface area contributed by atoms with Crippen LogP contribution in [0, 0.1) is 28.5 Å². The van der Waals surface area contributed by atoms with Gasteiger partial charge in [-0.2, -0.15) is 10.5 Å². The molecule has 0 saturated carbocycles. The van der Waals surface area contributed by atoms with Gasteiger partial charge in [-0.1, -0.05) is 29.8 Å². The minimum absolute atomic E-state index is 0.323. The molecule has 2 aromatic rings. The van der Waals surface area contributed by atoms with Crippen LogP contribution in [0.3, 0.4) is 0 Å². The van der Waals surface area contributed by atoms with Crippen LogP contribution in [-0.4, -0.2) is 0 Å². The highest BCUT2D eigenvalue weighted by Crippen LogP contribution is 2.28. The molecule has 2 aromatic carbocycles. The second kappa shape index (κ2) is 5.52. The molecule has 2 nitrogen and oxygen atoms in total. The molecular weight excluding hydrogens is 263 g/mol. The van der Waals surface area contributed by atoms with Gasteiger partial charge >= 0.3 is 0 Å². The number of rotatable bonds is 2. The first kappa shape index (κ1) is 13.1. The van der Waals surface area contributed by atoms with Crippen LogP contribution in [0.5, 0.6) is 0 Å². The zero-order chi connectivity index (χ0) is 13.8. The Labute approximate surface area is 115 Å². The van der Waals surface area contributed by atoms with Crippen molar-refractivity contribution in [1.82, 2.24) is 0 Å². The lowest BCUT2D eigenvalue weighted by molar-refractivity contribution is 0.625. The van der Waals surface area contributed by atoms with Crippen molar-refractivity contribution < 1.29 is 4.39 Å². The molecule has 4 heteroatoms. The van der Waals surface area contributed by atoms with Crippen molar-refractivity contribution in [3.8, 4) is 12.1 Å². The van der Waals surface area contributed by atoms with E-state index in [0.717, 1.165) is 0 Å². The maximum absolute atomic E-state index is 13.2. The molecule has 19 heavy (non-hydrogen) atoms. The van der Waals surface area contributed by atoms with E-state index in [1.54, 1.807) is 18.2 Å². The first-order chi connectivity index (χ1) is 9.15. The number of halogens is 2. The van der Waals surface area contributed by atoms with E-state index in [0.29, 0.717) is 21.7 Å². The highest BCUT2D eigenvalue weighted by Gasteiger charge is 2.17. The quantitative estimate of drug-likeness (QED) is 0.828. The summed E-state index contributed by atoms with van der Waals surface area (Å²) >= 11 is 5.82. The summed E-state index contributed by atoms with van der Waals surface area (Å²) in [6.07, 6.45) is 0. The second-order valence-electron chi connectivity index (χ2n) is 3.96. The summed E-state index contributed by atoms with van der Waals surface area (Å²) in [4.78, 5) is 0. The summed E-state index contributed by atoms with van der Waals surface area (Å²) in [7, 11) is 0. The average molecular weight is 271 g/mol. The van der Waals surface area contributed by atoms with Crippen LogP contribution in [0.25, 0.3) is 0 Å². The molecule has 0 N–H and O–H groups in total. The van der Waals surface area contributed by atoms with Gasteiger partial charge in [0, 0.05) is 5.02 Å². The predicted octanol–water partition coefficient (Wildman–Crippen LogP) is 4.01. The molecule has 1 unspecified atom stereocenters. The van der Waals surface area contributed by atoms with Crippen LogP contribution < -0.4 is 0 Å². The standard InChI is InChI=1S/C15H8ClFN2/c16-12-4-5-14(11(6-12)8-18)15(9-19)10-2-1-3-13(17)7-10/h1-7,15H. The van der Waals surface area contributed by atoms with Crippen molar-refractivity contribution in [2.45, 2.75) is 5.92 Å². The SMILES string of the molecule is N#Cc1cc(Cl)ccc1C(C#N)c1cccc(F)c1. The molecule has 0 saturated heterocycles. The third-order valence-corrected chi connectivity index (χ3v) is 2.99. The van der Waals surface area contributed by atoms with Crippen LogP contribution in [0.15, 0.2) is 42.5 Å². The van der Waals surface area contributed by atoms with Crippen LogP contribution in [0.1, 0.15) is 22.6 Å². The first-order valence-corrected chi connectivity index (χ1v) is 5.88. The fraction of sp³-hybridized carbons (Fsp3) is 0.0667. The number of hydrogen-bond acceptors (Lipinski definition) is 2. The largest absolute Gasteiger partial charge is 0.207 e. The van der Waals surface area contributed by atoms with E-state index in [1.807, 2.05) is 6.07 Å². The normalized spacial score (nSPS) is 11.4. The van der Waals surface area contributed by atoms with Crippen molar-refractivity contribution in [1.29, 1.82) is 10.5 Å². The number of nitrogens with zero attached hydrogens (tertiary/aromatic N) is 2. The van der Waals surface area contributed by atoms with Crippen molar-refractivity contribution in [3.05, 3.63) is 70.0 Å². The van der Waals surface area contributed by atoms with E-state index in [-0.39, 0.29) is 0 Å². The zero-order valence-electron chi connectivity index (χ0n) is 9.77. The number of hydrogen-bond donors (Lipinski definition) is 0. The highest BCUT2D eigenvalue weighted by molar-refractivity contribution is 6.30. The van der Waals surface area contributed by atoms with Crippen LogP contribution in [0.4, 0.5) is 4.39 Å². The maximum Gasteiger partial charge on any atom is 0.123 e. The lowest BCUT2D eigenvalue weighted by atomic mass is 9.89. The molecule has 0 heterocycles. The third-order valence-electron chi connectivity index (χ3n) is 2.76. The molecule has 0 aliphatic heterocycles. The Hall–Kier alpha value is -2.36. The molecule has 0 spiro atoms. The monoisotopic (exact) mass is 270 g/mol. The van der Waals surface area contributed by atoms with Crippen molar-refractivity contribution >= 4 is 11.6 Å². The summed E-state index contributed by atoms with van der Waals surface area (Å²) in [5.41, 5.74) is 1.37. The van der Waals surface area contributed by atoms with Gasteiger partial charge in [0.1, 0.15) is 5.82 Å². The molecule has 0 aliphatic rings. The Morgan fingerprint density at radius 1 is 1.11 bits per heavy atom. The van der Waals surface area contributed by atoms with Gasteiger partial charge in [-0.3, -0.25) is 0 Å². The smallest absolute Gasteiger partial charge is 0.123 e.